The summed E-state index contributed by atoms with van der Waals surface area (Å²) in [6.45, 7) is 4.53. The van der Waals surface area contributed by atoms with E-state index < -0.39 is 0 Å². The van der Waals surface area contributed by atoms with Crippen molar-refractivity contribution in [3.8, 4) is 0 Å². The van der Waals surface area contributed by atoms with Crippen LogP contribution in [0.3, 0.4) is 0 Å². The topological polar surface area (TPSA) is 0 Å². The van der Waals surface area contributed by atoms with Gasteiger partial charge in [0.25, 0.3) is 0 Å². The van der Waals surface area contributed by atoms with Crippen LogP contribution in [0.2, 0.25) is 0 Å². The Balaban J connectivity index is 2.49. The van der Waals surface area contributed by atoms with Crippen LogP contribution in [-0.4, -0.2) is 5.75 Å². The van der Waals surface area contributed by atoms with Gasteiger partial charge in [0.15, 0.2) is 0 Å². The zero-order chi connectivity index (χ0) is 8.55. The van der Waals surface area contributed by atoms with E-state index in [1.165, 1.54) is 18.4 Å². The first-order valence-electron chi connectivity index (χ1n) is 4.48. The van der Waals surface area contributed by atoms with Crippen molar-refractivity contribution in [3.05, 3.63) is 33.8 Å². The maximum Gasteiger partial charge on any atom is 0.0164 e. The molecule has 0 saturated carbocycles. The number of allylic oxidation sites excluding steroid dienone is 4. The minimum atomic E-state index is 1.16. The molecular formula is C11H14S. The molecule has 64 valence electrons. The van der Waals surface area contributed by atoms with Gasteiger partial charge in [-0.25, -0.2) is 0 Å². The molecule has 0 fully saturated rings. The van der Waals surface area contributed by atoms with Crippen molar-refractivity contribution in [2.45, 2.75) is 26.7 Å². The van der Waals surface area contributed by atoms with Crippen molar-refractivity contribution < 1.29 is 0 Å². The average molecular weight is 178 g/mol. The van der Waals surface area contributed by atoms with Gasteiger partial charge in [0.05, 0.1) is 0 Å². The van der Waals surface area contributed by atoms with E-state index >= 15 is 0 Å². The van der Waals surface area contributed by atoms with Crippen LogP contribution >= 0.6 is 11.8 Å². The lowest BCUT2D eigenvalue weighted by Gasteiger charge is -2.23. The van der Waals surface area contributed by atoms with E-state index in [2.05, 4.69) is 26.0 Å². The molecule has 0 radical (unpaired) electrons. The highest BCUT2D eigenvalue weighted by molar-refractivity contribution is 8.03. The Hall–Kier alpha value is -0.430. The predicted octanol–water partition coefficient (Wildman–Crippen LogP) is 3.67. The summed E-state index contributed by atoms with van der Waals surface area (Å²) in [6.07, 6.45) is 7.09. The largest absolute Gasteiger partial charge is 0.121 e. The molecule has 0 saturated heterocycles. The second-order valence-electron chi connectivity index (χ2n) is 3.52. The normalized spacial score (nSPS) is 23.2. The predicted molar refractivity (Wildman–Crippen MR) is 56.2 cm³/mol. The second-order valence-corrected chi connectivity index (χ2v) is 4.55. The summed E-state index contributed by atoms with van der Waals surface area (Å²) in [5, 5.41) is 0. The number of hydrogen-bond acceptors (Lipinski definition) is 1. The van der Waals surface area contributed by atoms with Gasteiger partial charge in [0.1, 0.15) is 0 Å². The zero-order valence-corrected chi connectivity index (χ0v) is 8.50. The number of hydrogen-bond donors (Lipinski definition) is 0. The van der Waals surface area contributed by atoms with Gasteiger partial charge in [0, 0.05) is 10.7 Å². The summed E-state index contributed by atoms with van der Waals surface area (Å²) >= 11 is 1.99. The molecule has 0 aromatic carbocycles. The van der Waals surface area contributed by atoms with Crippen LogP contribution in [0.1, 0.15) is 26.7 Å². The van der Waals surface area contributed by atoms with Crippen molar-refractivity contribution in [1.29, 1.82) is 0 Å². The van der Waals surface area contributed by atoms with Gasteiger partial charge in [-0.15, -0.1) is 11.8 Å². The fourth-order valence-corrected chi connectivity index (χ4v) is 2.87. The highest BCUT2D eigenvalue weighted by Gasteiger charge is 2.17. The molecule has 0 atom stereocenters. The molecule has 12 heavy (non-hydrogen) atoms. The third-order valence-corrected chi connectivity index (χ3v) is 3.79. The molecular weight excluding hydrogens is 164 g/mol. The van der Waals surface area contributed by atoms with E-state index in [1.54, 1.807) is 16.1 Å². The van der Waals surface area contributed by atoms with Crippen LogP contribution in [0.25, 0.3) is 0 Å². The van der Waals surface area contributed by atoms with E-state index in [9.17, 15) is 0 Å². The van der Waals surface area contributed by atoms with Crippen LogP contribution in [0.4, 0.5) is 0 Å². The Morgan fingerprint density at radius 2 is 1.92 bits per heavy atom. The monoisotopic (exact) mass is 178 g/mol. The SMILES string of the molecule is CC1=C2C=CCSC2=C(C)CC1. The van der Waals surface area contributed by atoms with Gasteiger partial charge < -0.3 is 0 Å². The molecule has 0 nitrogen and oxygen atoms in total. The molecule has 0 amide bonds. The maximum atomic E-state index is 2.30. The molecule has 1 heterocycles. The van der Waals surface area contributed by atoms with E-state index in [0.717, 1.165) is 5.75 Å². The Morgan fingerprint density at radius 3 is 2.67 bits per heavy atom. The molecule has 0 spiro atoms. The highest BCUT2D eigenvalue weighted by atomic mass is 32.2. The summed E-state index contributed by atoms with van der Waals surface area (Å²) in [6, 6.07) is 0. The first-order valence-corrected chi connectivity index (χ1v) is 5.47. The standard InChI is InChI=1S/C11H14S/c1-8-5-6-9(2)11-10(8)4-3-7-12-11/h3-4H,5-7H2,1-2H3. The van der Waals surface area contributed by atoms with Crippen LogP contribution < -0.4 is 0 Å². The van der Waals surface area contributed by atoms with Crippen molar-refractivity contribution in [1.82, 2.24) is 0 Å². The molecule has 2 rings (SSSR count). The van der Waals surface area contributed by atoms with Crippen molar-refractivity contribution >= 4 is 11.8 Å². The molecule has 0 aromatic rings. The summed E-state index contributed by atoms with van der Waals surface area (Å²) in [4.78, 5) is 1.56. The van der Waals surface area contributed by atoms with Gasteiger partial charge in [-0.05, 0) is 32.3 Å². The van der Waals surface area contributed by atoms with Gasteiger partial charge in [-0.3, -0.25) is 0 Å². The van der Waals surface area contributed by atoms with E-state index in [-0.39, 0.29) is 0 Å². The molecule has 1 aliphatic carbocycles. The molecule has 1 heteroatoms. The Kier molecular flexibility index (Phi) is 2.14. The van der Waals surface area contributed by atoms with Crippen LogP contribution in [0, 0.1) is 0 Å². The Labute approximate surface area is 78.4 Å². The minimum absolute atomic E-state index is 1.16. The molecule has 0 unspecified atom stereocenters. The van der Waals surface area contributed by atoms with Crippen molar-refractivity contribution in [3.63, 3.8) is 0 Å². The van der Waals surface area contributed by atoms with Gasteiger partial charge >= 0.3 is 0 Å². The number of rotatable bonds is 0. The number of thioether (sulfide) groups is 1. The first-order chi connectivity index (χ1) is 5.79. The van der Waals surface area contributed by atoms with Crippen molar-refractivity contribution in [2.75, 3.05) is 5.75 Å². The third kappa shape index (κ3) is 1.27. The smallest absolute Gasteiger partial charge is 0.0164 e. The summed E-state index contributed by atoms with van der Waals surface area (Å²) in [5.41, 5.74) is 4.67. The second kappa shape index (κ2) is 3.14. The summed E-state index contributed by atoms with van der Waals surface area (Å²) < 4.78 is 0. The lowest BCUT2D eigenvalue weighted by Crippen LogP contribution is -2.02. The summed E-state index contributed by atoms with van der Waals surface area (Å²) in [5.74, 6) is 1.16. The highest BCUT2D eigenvalue weighted by Crippen LogP contribution is 2.39. The van der Waals surface area contributed by atoms with E-state index in [1.807, 2.05) is 11.8 Å². The molecule has 1 aliphatic heterocycles. The molecule has 0 aromatic heterocycles. The van der Waals surface area contributed by atoms with Crippen molar-refractivity contribution in [2.24, 2.45) is 0 Å². The summed E-state index contributed by atoms with van der Waals surface area (Å²) in [7, 11) is 0. The maximum absolute atomic E-state index is 2.30. The lowest BCUT2D eigenvalue weighted by atomic mass is 9.93. The molecule has 0 bridgehead atoms. The lowest BCUT2D eigenvalue weighted by molar-refractivity contribution is 0.889. The van der Waals surface area contributed by atoms with Crippen LogP contribution in [-0.2, 0) is 0 Å². The first kappa shape index (κ1) is 8.18. The molecule has 2 aliphatic rings. The van der Waals surface area contributed by atoms with E-state index in [0.29, 0.717) is 0 Å². The minimum Gasteiger partial charge on any atom is -0.121 e. The number of fused-ring (bicyclic) bond motifs is 1. The fraction of sp³-hybridized carbons (Fsp3) is 0.455. The van der Waals surface area contributed by atoms with Crippen LogP contribution in [0.5, 0.6) is 0 Å². The quantitative estimate of drug-likeness (QED) is 0.545. The van der Waals surface area contributed by atoms with Gasteiger partial charge in [-0.2, -0.15) is 0 Å². The Bertz CT molecular complexity index is 292. The fourth-order valence-electron chi connectivity index (χ4n) is 1.76. The van der Waals surface area contributed by atoms with Crippen LogP contribution in [0.15, 0.2) is 33.8 Å². The average Bonchev–Trinajstić information content (AvgIpc) is 2.12. The molecule has 0 N–H and O–H groups in total. The zero-order valence-electron chi connectivity index (χ0n) is 7.68. The third-order valence-electron chi connectivity index (χ3n) is 2.58. The van der Waals surface area contributed by atoms with Gasteiger partial charge in [-0.1, -0.05) is 23.3 Å². The van der Waals surface area contributed by atoms with E-state index in [4.69, 9.17) is 0 Å². The van der Waals surface area contributed by atoms with Gasteiger partial charge in [0.2, 0.25) is 0 Å². The Morgan fingerprint density at radius 1 is 1.17 bits per heavy atom.